The minimum atomic E-state index is -4.78. The first-order valence-electron chi connectivity index (χ1n) is 9.80. The van der Waals surface area contributed by atoms with Crippen LogP contribution in [0.2, 0.25) is 0 Å². The van der Waals surface area contributed by atoms with Gasteiger partial charge in [0.05, 0.1) is 0 Å². The van der Waals surface area contributed by atoms with E-state index in [-0.39, 0.29) is 11.8 Å². The van der Waals surface area contributed by atoms with Gasteiger partial charge in [0.1, 0.15) is 5.75 Å². The van der Waals surface area contributed by atoms with E-state index < -0.39 is 18.4 Å². The van der Waals surface area contributed by atoms with Crippen molar-refractivity contribution in [3.63, 3.8) is 0 Å². The molecule has 0 amide bonds. The SMILES string of the molecule is Cc1cc2c(c(C34CC5CC(CC(C5)C3)C4)c1)OC(O)(C(F)(F)F)CC2. The molecule has 0 aromatic heterocycles. The van der Waals surface area contributed by atoms with E-state index in [2.05, 4.69) is 0 Å². The van der Waals surface area contributed by atoms with Crippen LogP contribution in [0.3, 0.4) is 0 Å². The summed E-state index contributed by atoms with van der Waals surface area (Å²) in [7, 11) is 0. The van der Waals surface area contributed by atoms with Crippen molar-refractivity contribution in [2.75, 3.05) is 0 Å². The first kappa shape index (κ1) is 16.9. The molecule has 5 heteroatoms. The van der Waals surface area contributed by atoms with Crippen molar-refractivity contribution in [2.24, 2.45) is 17.8 Å². The molecule has 1 atom stereocenters. The van der Waals surface area contributed by atoms with Gasteiger partial charge in [-0.05, 0) is 80.6 Å². The summed E-state index contributed by atoms with van der Waals surface area (Å²) in [6.07, 6.45) is 1.99. The fourth-order valence-corrected chi connectivity index (χ4v) is 6.71. The lowest BCUT2D eigenvalue weighted by Crippen LogP contribution is -2.53. The number of halogens is 3. The summed E-state index contributed by atoms with van der Waals surface area (Å²) in [5, 5.41) is 10.2. The van der Waals surface area contributed by atoms with Crippen molar-refractivity contribution in [1.82, 2.24) is 0 Å². The van der Waals surface area contributed by atoms with Crippen molar-refractivity contribution >= 4 is 0 Å². The second kappa shape index (κ2) is 5.18. The smallest absolute Gasteiger partial charge is 0.453 e. The minimum Gasteiger partial charge on any atom is -0.453 e. The molecule has 1 aliphatic heterocycles. The lowest BCUT2D eigenvalue weighted by atomic mass is 9.48. The van der Waals surface area contributed by atoms with Gasteiger partial charge < -0.3 is 9.84 Å². The van der Waals surface area contributed by atoms with Crippen molar-refractivity contribution < 1.29 is 23.0 Å². The molecule has 142 valence electrons. The molecular formula is C21H25F3O2. The Morgan fingerprint density at radius 3 is 2.15 bits per heavy atom. The molecule has 4 saturated carbocycles. The number of hydrogen-bond acceptors (Lipinski definition) is 2. The summed E-state index contributed by atoms with van der Waals surface area (Å²) >= 11 is 0. The van der Waals surface area contributed by atoms with Crippen molar-refractivity contribution in [2.45, 2.75) is 75.7 Å². The van der Waals surface area contributed by atoms with Gasteiger partial charge in [0, 0.05) is 12.0 Å². The van der Waals surface area contributed by atoms with Crippen LogP contribution in [0.4, 0.5) is 13.2 Å². The molecule has 1 aromatic carbocycles. The Morgan fingerprint density at radius 1 is 1.04 bits per heavy atom. The van der Waals surface area contributed by atoms with Crippen LogP contribution >= 0.6 is 0 Å². The second-order valence-electron chi connectivity index (χ2n) is 9.38. The average molecular weight is 366 g/mol. The van der Waals surface area contributed by atoms with Crippen LogP contribution in [0.1, 0.15) is 61.6 Å². The number of rotatable bonds is 1. The van der Waals surface area contributed by atoms with Crippen LogP contribution in [-0.2, 0) is 11.8 Å². The Morgan fingerprint density at radius 2 is 1.62 bits per heavy atom. The molecule has 1 aromatic rings. The lowest BCUT2D eigenvalue weighted by Gasteiger charge is -2.57. The van der Waals surface area contributed by atoms with Gasteiger partial charge >= 0.3 is 12.0 Å². The molecule has 0 spiro atoms. The third kappa shape index (κ3) is 2.35. The summed E-state index contributed by atoms with van der Waals surface area (Å²) < 4.78 is 45.6. The molecule has 4 aliphatic carbocycles. The van der Waals surface area contributed by atoms with Crippen LogP contribution in [0, 0.1) is 24.7 Å². The predicted octanol–water partition coefficient (Wildman–Crippen LogP) is 5.04. The summed E-state index contributed by atoms with van der Waals surface area (Å²) in [6.45, 7) is 2.01. The molecular weight excluding hydrogens is 341 g/mol. The normalized spacial score (nSPS) is 41.0. The van der Waals surface area contributed by atoms with E-state index in [4.69, 9.17) is 4.74 Å². The van der Waals surface area contributed by atoms with Crippen LogP contribution in [0.15, 0.2) is 12.1 Å². The largest absolute Gasteiger partial charge is 0.455 e. The Balaban J connectivity index is 1.62. The van der Waals surface area contributed by atoms with E-state index >= 15 is 0 Å². The van der Waals surface area contributed by atoms with E-state index in [1.54, 1.807) is 0 Å². The van der Waals surface area contributed by atoms with Gasteiger partial charge in [-0.25, -0.2) is 0 Å². The van der Waals surface area contributed by atoms with Crippen LogP contribution in [0.25, 0.3) is 0 Å². The summed E-state index contributed by atoms with van der Waals surface area (Å²) in [5.41, 5.74) is 2.78. The fraction of sp³-hybridized carbons (Fsp3) is 0.714. The molecule has 4 bridgehead atoms. The second-order valence-corrected chi connectivity index (χ2v) is 9.38. The van der Waals surface area contributed by atoms with Gasteiger partial charge in [-0.1, -0.05) is 17.7 Å². The molecule has 1 heterocycles. The fourth-order valence-electron chi connectivity index (χ4n) is 6.71. The van der Waals surface area contributed by atoms with Crippen LogP contribution < -0.4 is 4.74 Å². The average Bonchev–Trinajstić information content (AvgIpc) is 2.52. The monoisotopic (exact) mass is 366 g/mol. The van der Waals surface area contributed by atoms with Crippen LogP contribution in [-0.4, -0.2) is 17.1 Å². The third-order valence-corrected chi connectivity index (χ3v) is 7.37. The first-order valence-corrected chi connectivity index (χ1v) is 9.80. The summed E-state index contributed by atoms with van der Waals surface area (Å²) in [6, 6.07) is 3.96. The van der Waals surface area contributed by atoms with E-state index in [9.17, 15) is 18.3 Å². The van der Waals surface area contributed by atoms with Gasteiger partial charge in [0.2, 0.25) is 0 Å². The summed E-state index contributed by atoms with van der Waals surface area (Å²) in [5.74, 6) is -0.650. The maximum Gasteiger partial charge on any atom is 0.455 e. The highest BCUT2D eigenvalue weighted by atomic mass is 19.4. The van der Waals surface area contributed by atoms with Gasteiger partial charge in [-0.2, -0.15) is 13.2 Å². The lowest BCUT2D eigenvalue weighted by molar-refractivity contribution is -0.341. The Labute approximate surface area is 151 Å². The topological polar surface area (TPSA) is 29.5 Å². The number of ether oxygens (including phenoxy) is 1. The zero-order valence-electron chi connectivity index (χ0n) is 15.0. The predicted molar refractivity (Wildman–Crippen MR) is 91.0 cm³/mol. The number of hydrogen-bond donors (Lipinski definition) is 1. The van der Waals surface area contributed by atoms with E-state index in [0.717, 1.165) is 36.0 Å². The zero-order chi connectivity index (χ0) is 18.3. The van der Waals surface area contributed by atoms with Gasteiger partial charge in [-0.15, -0.1) is 0 Å². The number of alkyl halides is 3. The van der Waals surface area contributed by atoms with Crippen molar-refractivity contribution in [1.29, 1.82) is 0 Å². The first-order chi connectivity index (χ1) is 12.2. The molecule has 1 N–H and O–H groups in total. The quantitative estimate of drug-likeness (QED) is 0.755. The Hall–Kier alpha value is -1.23. The molecule has 2 nitrogen and oxygen atoms in total. The maximum atomic E-state index is 13.4. The van der Waals surface area contributed by atoms with Crippen molar-refractivity contribution in [3.05, 3.63) is 28.8 Å². The molecule has 0 saturated heterocycles. The molecule has 0 radical (unpaired) electrons. The van der Waals surface area contributed by atoms with E-state index in [1.165, 1.54) is 19.3 Å². The Kier molecular flexibility index (Phi) is 3.37. The molecule has 4 fully saturated rings. The number of aryl methyl sites for hydroxylation is 2. The molecule has 26 heavy (non-hydrogen) atoms. The highest BCUT2D eigenvalue weighted by Crippen LogP contribution is 2.62. The number of aliphatic hydroxyl groups is 1. The van der Waals surface area contributed by atoms with Crippen molar-refractivity contribution in [3.8, 4) is 5.75 Å². The molecule has 1 unspecified atom stereocenters. The Bertz CT molecular complexity index is 719. The highest BCUT2D eigenvalue weighted by Gasteiger charge is 2.59. The highest BCUT2D eigenvalue weighted by molar-refractivity contribution is 5.51. The van der Waals surface area contributed by atoms with Gasteiger partial charge in [0.15, 0.2) is 0 Å². The number of fused-ring (bicyclic) bond motifs is 1. The molecule has 6 rings (SSSR count). The number of benzene rings is 1. The van der Waals surface area contributed by atoms with Gasteiger partial charge in [0.25, 0.3) is 0 Å². The standard InChI is InChI=1S/C21H25F3O2/c1-12-4-16-2-3-20(25,21(22,23)24)26-18(16)17(5-12)19-9-13-6-14(10-19)8-15(7-13)11-19/h4-5,13-15,25H,2-3,6-11H2,1H3. The third-order valence-electron chi connectivity index (χ3n) is 7.37. The minimum absolute atomic E-state index is 0.0608. The van der Waals surface area contributed by atoms with E-state index in [0.29, 0.717) is 23.5 Å². The summed E-state index contributed by atoms with van der Waals surface area (Å²) in [4.78, 5) is 0. The zero-order valence-corrected chi connectivity index (χ0v) is 15.0. The van der Waals surface area contributed by atoms with Gasteiger partial charge in [-0.3, -0.25) is 0 Å². The molecule has 5 aliphatic rings. The van der Waals surface area contributed by atoms with Crippen LogP contribution in [0.5, 0.6) is 5.75 Å². The van der Waals surface area contributed by atoms with E-state index in [1.807, 2.05) is 19.1 Å². The maximum absolute atomic E-state index is 13.4.